The highest BCUT2D eigenvalue weighted by Gasteiger charge is 2.91. The van der Waals surface area contributed by atoms with E-state index in [2.05, 4.69) is 39.6 Å². The molecule has 5 nitrogen and oxygen atoms in total. The number of Topliss-reactive ketones (excluding diaryl/α,β-unsaturated/α-hetero) is 1. The van der Waals surface area contributed by atoms with E-state index in [0.717, 1.165) is 45.2 Å². The van der Waals surface area contributed by atoms with E-state index in [-0.39, 0.29) is 50.8 Å². The van der Waals surface area contributed by atoms with Crippen LogP contribution in [0.5, 0.6) is 0 Å². The molecule has 0 bridgehead atoms. The van der Waals surface area contributed by atoms with Crippen LogP contribution in [0.15, 0.2) is 12.7 Å². The number of nitrogens with one attached hydrogen (secondary N) is 1. The Balaban J connectivity index is 1.40. The average Bonchev–Trinajstić information content (AvgIpc) is 3.29. The molecule has 6 heteroatoms. The van der Waals surface area contributed by atoms with E-state index in [4.69, 9.17) is 4.74 Å². The van der Waals surface area contributed by atoms with Crippen molar-refractivity contribution in [3.63, 3.8) is 0 Å². The highest BCUT2D eigenvalue weighted by Crippen LogP contribution is 2.91. The van der Waals surface area contributed by atoms with Crippen molar-refractivity contribution in [3.05, 3.63) is 12.7 Å². The molecule has 190 valence electrons. The Morgan fingerprint density at radius 1 is 1.26 bits per heavy atom. The van der Waals surface area contributed by atoms with E-state index in [1.54, 1.807) is 11.8 Å². The summed E-state index contributed by atoms with van der Waals surface area (Å²) >= 11 is 1.73. The van der Waals surface area contributed by atoms with Crippen molar-refractivity contribution in [3.8, 4) is 0 Å². The molecule has 5 fully saturated rings. The first-order chi connectivity index (χ1) is 16.1. The fraction of sp³-hybridized carbons (Fsp3) is 0.857. The quantitative estimate of drug-likeness (QED) is 0.441. The van der Waals surface area contributed by atoms with Crippen molar-refractivity contribution in [1.82, 2.24) is 5.32 Å². The summed E-state index contributed by atoms with van der Waals surface area (Å²) in [6, 6.07) is 0. The molecule has 0 aromatic heterocycles. The fourth-order valence-electron chi connectivity index (χ4n) is 9.34. The molecule has 4 aliphatic carbocycles. The summed E-state index contributed by atoms with van der Waals surface area (Å²) in [6.45, 7) is 15.0. The topological polar surface area (TPSA) is 75.6 Å². The maximum Gasteiger partial charge on any atom is 0.316 e. The predicted octanol–water partition coefficient (Wildman–Crippen LogP) is 4.38. The van der Waals surface area contributed by atoms with Gasteiger partial charge in [-0.1, -0.05) is 33.8 Å². The molecule has 0 radical (unpaired) electrons. The predicted molar refractivity (Wildman–Crippen MR) is 135 cm³/mol. The summed E-state index contributed by atoms with van der Waals surface area (Å²) in [5.41, 5.74) is -0.716. The fourth-order valence-corrected chi connectivity index (χ4v) is 10.4. The van der Waals surface area contributed by atoms with Crippen molar-refractivity contribution in [2.45, 2.75) is 89.6 Å². The zero-order valence-corrected chi connectivity index (χ0v) is 22.2. The molecule has 1 saturated heterocycles. The van der Waals surface area contributed by atoms with Crippen molar-refractivity contribution in [1.29, 1.82) is 0 Å². The van der Waals surface area contributed by atoms with E-state index in [1.165, 1.54) is 0 Å². The van der Waals surface area contributed by atoms with Gasteiger partial charge in [0.05, 0.1) is 11.9 Å². The first kappa shape index (κ1) is 24.8. The molecule has 34 heavy (non-hydrogen) atoms. The highest BCUT2D eigenvalue weighted by molar-refractivity contribution is 8.01. The Hall–Kier alpha value is -0.850. The largest absolute Gasteiger partial charge is 0.461 e. The Labute approximate surface area is 209 Å². The van der Waals surface area contributed by atoms with Gasteiger partial charge in [-0.3, -0.25) is 9.59 Å². The highest BCUT2D eigenvalue weighted by atomic mass is 32.2. The first-order valence-electron chi connectivity index (χ1n) is 13.4. The second-order valence-electron chi connectivity index (χ2n) is 12.6. The monoisotopic (exact) mass is 489 g/mol. The van der Waals surface area contributed by atoms with Crippen LogP contribution in [-0.2, 0) is 14.3 Å². The number of aliphatic hydroxyl groups is 1. The van der Waals surface area contributed by atoms with Gasteiger partial charge in [0.2, 0.25) is 0 Å². The lowest BCUT2D eigenvalue weighted by Gasteiger charge is -2.48. The molecule has 1 aliphatic heterocycles. The third-order valence-electron chi connectivity index (χ3n) is 11.3. The second-order valence-corrected chi connectivity index (χ2v) is 14.1. The van der Waals surface area contributed by atoms with Gasteiger partial charge in [0, 0.05) is 27.9 Å². The molecule has 2 N–H and O–H groups in total. The summed E-state index contributed by atoms with van der Waals surface area (Å²) in [5.74, 6) is 1.01. The van der Waals surface area contributed by atoms with E-state index < -0.39 is 6.10 Å². The number of ether oxygens (including phenoxy) is 1. The Bertz CT molecular complexity index is 868. The SMILES string of the molecule is C=CC1C[C@@H](OC(=O)CSC2(C)CCCNCC2)[C@]2(C)C(C)CC34C(=O)CCC3(C42)[C@@H](C)C1O. The Kier molecular flexibility index (Phi) is 6.09. The van der Waals surface area contributed by atoms with E-state index in [0.29, 0.717) is 30.3 Å². The number of hydrogen-bond acceptors (Lipinski definition) is 6. The minimum absolute atomic E-state index is 0.0507. The molecule has 5 rings (SSSR count). The Morgan fingerprint density at radius 2 is 2.03 bits per heavy atom. The number of ketones is 1. The molecule has 7 unspecified atom stereocenters. The van der Waals surface area contributed by atoms with Crippen LogP contribution >= 0.6 is 11.8 Å². The van der Waals surface area contributed by atoms with Crippen LogP contribution in [0.25, 0.3) is 0 Å². The van der Waals surface area contributed by atoms with Gasteiger partial charge in [-0.25, -0.2) is 0 Å². The smallest absolute Gasteiger partial charge is 0.316 e. The molecular formula is C28H43NO4S. The van der Waals surface area contributed by atoms with Crippen LogP contribution in [0.4, 0.5) is 0 Å². The van der Waals surface area contributed by atoms with Crippen molar-refractivity contribution < 1.29 is 19.4 Å². The van der Waals surface area contributed by atoms with E-state index in [9.17, 15) is 14.7 Å². The third-order valence-corrected chi connectivity index (χ3v) is 12.8. The van der Waals surface area contributed by atoms with Gasteiger partial charge in [0.15, 0.2) is 0 Å². The van der Waals surface area contributed by atoms with Crippen LogP contribution < -0.4 is 5.32 Å². The van der Waals surface area contributed by atoms with E-state index in [1.807, 2.05) is 6.08 Å². The van der Waals surface area contributed by atoms with Gasteiger partial charge in [-0.2, -0.15) is 0 Å². The Morgan fingerprint density at radius 3 is 2.76 bits per heavy atom. The van der Waals surface area contributed by atoms with Gasteiger partial charge in [-0.15, -0.1) is 18.3 Å². The number of rotatable bonds is 5. The van der Waals surface area contributed by atoms with Crippen molar-refractivity contribution >= 4 is 23.5 Å². The van der Waals surface area contributed by atoms with Crippen LogP contribution in [0.2, 0.25) is 0 Å². The second kappa shape index (κ2) is 8.34. The third kappa shape index (κ3) is 3.19. The minimum Gasteiger partial charge on any atom is -0.461 e. The first-order valence-corrected chi connectivity index (χ1v) is 14.4. The lowest BCUT2D eigenvalue weighted by atomic mass is 9.60. The van der Waals surface area contributed by atoms with Crippen molar-refractivity contribution in [2.24, 2.45) is 39.9 Å². The van der Waals surface area contributed by atoms with E-state index >= 15 is 0 Å². The molecule has 0 aromatic rings. The van der Waals surface area contributed by atoms with Crippen LogP contribution in [0, 0.1) is 39.9 Å². The molecule has 2 spiro atoms. The number of carbonyl (C=O) groups is 2. The molecule has 4 saturated carbocycles. The lowest BCUT2D eigenvalue weighted by molar-refractivity contribution is -0.163. The lowest BCUT2D eigenvalue weighted by Crippen LogP contribution is -2.50. The van der Waals surface area contributed by atoms with Gasteiger partial charge in [-0.05, 0) is 74.8 Å². The number of carbonyl (C=O) groups excluding carboxylic acids is 2. The molecule has 0 amide bonds. The number of thioether (sulfide) groups is 1. The van der Waals surface area contributed by atoms with Crippen LogP contribution in [0.1, 0.15) is 72.6 Å². The summed E-state index contributed by atoms with van der Waals surface area (Å²) in [7, 11) is 0. The summed E-state index contributed by atoms with van der Waals surface area (Å²) < 4.78 is 6.45. The summed E-state index contributed by atoms with van der Waals surface area (Å²) in [4.78, 5) is 26.6. The zero-order chi connectivity index (χ0) is 24.5. The summed E-state index contributed by atoms with van der Waals surface area (Å²) in [5, 5.41) is 14.9. The van der Waals surface area contributed by atoms with Gasteiger partial charge in [0.1, 0.15) is 11.9 Å². The van der Waals surface area contributed by atoms with Crippen LogP contribution in [-0.4, -0.2) is 52.7 Å². The van der Waals surface area contributed by atoms with Gasteiger partial charge < -0.3 is 15.2 Å². The molecule has 10 atom stereocenters. The maximum absolute atomic E-state index is 13.3. The number of esters is 1. The molecule has 5 aliphatic rings. The molecule has 1 heterocycles. The molecular weight excluding hydrogens is 446 g/mol. The average molecular weight is 490 g/mol. The minimum atomic E-state index is -0.557. The number of hydrogen-bond donors (Lipinski definition) is 2. The normalized spacial score (nSPS) is 52.1. The zero-order valence-electron chi connectivity index (χ0n) is 21.4. The number of aliphatic hydroxyl groups excluding tert-OH is 1. The molecule has 0 aromatic carbocycles. The maximum atomic E-state index is 13.3. The van der Waals surface area contributed by atoms with Crippen LogP contribution in [0.3, 0.4) is 0 Å². The van der Waals surface area contributed by atoms with Gasteiger partial charge in [0.25, 0.3) is 0 Å². The summed E-state index contributed by atoms with van der Waals surface area (Å²) in [6.07, 6.45) is 7.24. The standard InChI is InChI=1S/C28H43NO4S/c1-6-19-14-21(33-22(31)16-34-25(4)9-7-12-29-13-11-25)26(5)17(2)15-28-20(30)8-10-27(28,24(26)28)18(3)23(19)32/h6,17-19,21,23-24,29,32H,1,7-16H2,2-5H3/t17?,18-,19?,21+,23?,24?,25?,26-,27?,28?/m0/s1. The van der Waals surface area contributed by atoms with Crippen molar-refractivity contribution in [2.75, 3.05) is 18.8 Å². The van der Waals surface area contributed by atoms with Gasteiger partial charge >= 0.3 is 5.97 Å².